The fourth-order valence-electron chi connectivity index (χ4n) is 4.75. The van der Waals surface area contributed by atoms with Crippen molar-refractivity contribution >= 4 is 23.5 Å². The van der Waals surface area contributed by atoms with Crippen LogP contribution in [0.5, 0.6) is 0 Å². The zero-order valence-corrected chi connectivity index (χ0v) is 16.4. The topological polar surface area (TPSA) is 86.7 Å². The molecular formula is C20H28O6. The normalized spacial score (nSPS) is 41.9. The van der Waals surface area contributed by atoms with Crippen molar-refractivity contribution in [3.8, 4) is 0 Å². The first kappa shape index (κ1) is 19.1. The SMILES string of the molecule is CC1(C)C(=O)C[C@@H]2OC(=O)C[C@@]21C.CC1(C)C(=O)C[C@H]2OC(=O)C[C@]21C. The van der Waals surface area contributed by atoms with Crippen molar-refractivity contribution in [2.45, 2.75) is 79.4 Å². The molecule has 0 radical (unpaired) electrons. The maximum absolute atomic E-state index is 11.6. The fraction of sp³-hybridized carbons (Fsp3) is 0.800. The van der Waals surface area contributed by atoms with E-state index in [0.29, 0.717) is 25.7 Å². The Morgan fingerprint density at radius 3 is 1.23 bits per heavy atom. The summed E-state index contributed by atoms with van der Waals surface area (Å²) in [6.07, 6.45) is 1.21. The first-order chi connectivity index (χ1) is 11.8. The molecule has 2 aliphatic carbocycles. The van der Waals surface area contributed by atoms with Gasteiger partial charge in [-0.05, 0) is 0 Å². The highest BCUT2D eigenvalue weighted by molar-refractivity contribution is 5.92. The molecule has 4 rings (SSSR count). The Bertz CT molecular complexity index is 645. The highest BCUT2D eigenvalue weighted by Crippen LogP contribution is 2.57. The van der Waals surface area contributed by atoms with E-state index in [9.17, 15) is 19.2 Å². The molecule has 2 heterocycles. The number of esters is 2. The lowest BCUT2D eigenvalue weighted by Crippen LogP contribution is -2.37. The van der Waals surface area contributed by atoms with Gasteiger partial charge >= 0.3 is 11.9 Å². The number of hydrogen-bond acceptors (Lipinski definition) is 6. The Morgan fingerprint density at radius 1 is 0.654 bits per heavy atom. The number of carbonyl (C=O) groups excluding carboxylic acids is 4. The molecule has 0 amide bonds. The number of carbonyl (C=O) groups is 4. The third-order valence-corrected chi connectivity index (χ3v) is 7.98. The van der Waals surface area contributed by atoms with E-state index in [1.165, 1.54) is 0 Å². The Hall–Kier alpha value is -1.72. The second-order valence-electron chi connectivity index (χ2n) is 9.65. The van der Waals surface area contributed by atoms with Gasteiger partial charge in [-0.25, -0.2) is 0 Å². The van der Waals surface area contributed by atoms with Gasteiger partial charge in [0.25, 0.3) is 0 Å². The molecule has 0 bridgehead atoms. The molecule has 0 aromatic heterocycles. The summed E-state index contributed by atoms with van der Waals surface area (Å²) in [4.78, 5) is 45.5. The van der Waals surface area contributed by atoms with Gasteiger partial charge < -0.3 is 9.47 Å². The average Bonchev–Trinajstić information content (AvgIpc) is 3.06. The minimum Gasteiger partial charge on any atom is -0.461 e. The molecule has 0 aromatic carbocycles. The summed E-state index contributed by atoms with van der Waals surface area (Å²) in [5, 5.41) is 0. The summed E-state index contributed by atoms with van der Waals surface area (Å²) in [5.74, 6) is 0.112. The molecular weight excluding hydrogens is 336 g/mol. The van der Waals surface area contributed by atoms with Gasteiger partial charge in [0, 0.05) is 34.5 Å². The summed E-state index contributed by atoms with van der Waals surface area (Å²) >= 11 is 0. The maximum atomic E-state index is 11.6. The van der Waals surface area contributed by atoms with Crippen LogP contribution in [-0.4, -0.2) is 35.7 Å². The maximum Gasteiger partial charge on any atom is 0.306 e. The lowest BCUT2D eigenvalue weighted by Gasteiger charge is -2.33. The van der Waals surface area contributed by atoms with E-state index in [4.69, 9.17) is 9.47 Å². The molecule has 0 N–H and O–H groups in total. The standard InChI is InChI=1S/2C10H14O3/c2*1-9(2)6(11)4-7-10(9,3)5-8(12)13-7/h2*7H,4-5H2,1-3H3/t2*7-,10-/m10/s1. The molecule has 4 atom stereocenters. The monoisotopic (exact) mass is 364 g/mol. The van der Waals surface area contributed by atoms with Crippen LogP contribution in [0.1, 0.15) is 67.2 Å². The van der Waals surface area contributed by atoms with Crippen LogP contribution in [0.4, 0.5) is 0 Å². The van der Waals surface area contributed by atoms with E-state index in [1.54, 1.807) is 0 Å². The van der Waals surface area contributed by atoms with Crippen LogP contribution in [0, 0.1) is 21.7 Å². The summed E-state index contributed by atoms with van der Waals surface area (Å²) < 4.78 is 10.3. The van der Waals surface area contributed by atoms with E-state index in [-0.39, 0.29) is 46.5 Å². The van der Waals surface area contributed by atoms with Crippen molar-refractivity contribution in [1.82, 2.24) is 0 Å². The highest BCUT2D eigenvalue weighted by atomic mass is 16.6. The zero-order valence-electron chi connectivity index (χ0n) is 16.4. The number of ketones is 2. The minimum atomic E-state index is -0.413. The van der Waals surface area contributed by atoms with Gasteiger partial charge in [-0.3, -0.25) is 19.2 Å². The van der Waals surface area contributed by atoms with Gasteiger partial charge in [-0.15, -0.1) is 0 Å². The number of hydrogen-bond donors (Lipinski definition) is 0. The largest absolute Gasteiger partial charge is 0.461 e. The van der Waals surface area contributed by atoms with Crippen molar-refractivity contribution in [1.29, 1.82) is 0 Å². The lowest BCUT2D eigenvalue weighted by atomic mass is 9.67. The second kappa shape index (κ2) is 5.40. The lowest BCUT2D eigenvalue weighted by molar-refractivity contribution is -0.143. The van der Waals surface area contributed by atoms with Gasteiger partial charge in [0.1, 0.15) is 23.8 Å². The molecule has 0 spiro atoms. The van der Waals surface area contributed by atoms with Gasteiger partial charge in [0.05, 0.1) is 12.8 Å². The minimum absolute atomic E-state index is 0.159. The van der Waals surface area contributed by atoms with Gasteiger partial charge in [0.2, 0.25) is 0 Å². The number of Topliss-reactive ketones (excluding diaryl/α,β-unsaturated/α-hetero) is 2. The molecule has 6 nitrogen and oxygen atoms in total. The van der Waals surface area contributed by atoms with E-state index in [2.05, 4.69) is 0 Å². The Balaban J connectivity index is 0.000000151. The van der Waals surface area contributed by atoms with Crippen LogP contribution >= 0.6 is 0 Å². The molecule has 26 heavy (non-hydrogen) atoms. The van der Waals surface area contributed by atoms with Crippen LogP contribution < -0.4 is 0 Å². The number of rotatable bonds is 0. The number of fused-ring (bicyclic) bond motifs is 2. The van der Waals surface area contributed by atoms with Crippen molar-refractivity contribution in [2.75, 3.05) is 0 Å². The molecule has 0 unspecified atom stereocenters. The van der Waals surface area contributed by atoms with Crippen LogP contribution in [0.2, 0.25) is 0 Å². The van der Waals surface area contributed by atoms with E-state index in [0.717, 1.165) is 0 Å². The van der Waals surface area contributed by atoms with Crippen molar-refractivity contribution < 1.29 is 28.7 Å². The summed E-state index contributed by atoms with van der Waals surface area (Å²) in [6, 6.07) is 0. The predicted molar refractivity (Wildman–Crippen MR) is 92.0 cm³/mol. The van der Waals surface area contributed by atoms with Crippen molar-refractivity contribution in [3.63, 3.8) is 0 Å². The number of ether oxygens (including phenoxy) is 2. The van der Waals surface area contributed by atoms with E-state index in [1.807, 2.05) is 41.5 Å². The van der Waals surface area contributed by atoms with Crippen LogP contribution in [0.25, 0.3) is 0 Å². The third-order valence-electron chi connectivity index (χ3n) is 7.98. The first-order valence-corrected chi connectivity index (χ1v) is 9.21. The smallest absolute Gasteiger partial charge is 0.306 e. The van der Waals surface area contributed by atoms with E-state index < -0.39 is 10.8 Å². The van der Waals surface area contributed by atoms with Gasteiger partial charge in [0.15, 0.2) is 0 Å². The first-order valence-electron chi connectivity index (χ1n) is 9.21. The van der Waals surface area contributed by atoms with Crippen LogP contribution in [0.15, 0.2) is 0 Å². The van der Waals surface area contributed by atoms with Crippen molar-refractivity contribution in [2.24, 2.45) is 21.7 Å². The quantitative estimate of drug-likeness (QED) is 0.614. The predicted octanol–water partition coefficient (Wildman–Crippen LogP) is 2.61. The zero-order chi connectivity index (χ0) is 19.7. The van der Waals surface area contributed by atoms with Crippen molar-refractivity contribution in [3.05, 3.63) is 0 Å². The van der Waals surface area contributed by atoms with Crippen LogP contribution in [0.3, 0.4) is 0 Å². The molecule has 0 aromatic rings. The van der Waals surface area contributed by atoms with Crippen LogP contribution in [-0.2, 0) is 28.7 Å². The molecule has 2 aliphatic heterocycles. The Morgan fingerprint density at radius 2 is 0.962 bits per heavy atom. The van der Waals surface area contributed by atoms with Gasteiger partial charge in [-0.1, -0.05) is 41.5 Å². The Labute approximate surface area is 154 Å². The molecule has 2 saturated heterocycles. The fourth-order valence-corrected chi connectivity index (χ4v) is 4.75. The molecule has 4 fully saturated rings. The molecule has 4 aliphatic rings. The third kappa shape index (κ3) is 2.30. The summed E-state index contributed by atoms with van der Waals surface area (Å²) in [5.41, 5.74) is -1.38. The second-order valence-corrected chi connectivity index (χ2v) is 9.65. The Kier molecular flexibility index (Phi) is 3.95. The summed E-state index contributed by atoms with van der Waals surface area (Å²) in [7, 11) is 0. The molecule has 144 valence electrons. The highest BCUT2D eigenvalue weighted by Gasteiger charge is 2.64. The van der Waals surface area contributed by atoms with E-state index >= 15 is 0 Å². The molecule has 2 saturated carbocycles. The van der Waals surface area contributed by atoms with Gasteiger partial charge in [-0.2, -0.15) is 0 Å². The molecule has 6 heteroatoms. The summed E-state index contributed by atoms with van der Waals surface area (Å²) in [6.45, 7) is 11.6. The average molecular weight is 364 g/mol.